The van der Waals surface area contributed by atoms with Gasteiger partial charge in [0.2, 0.25) is 0 Å². The zero-order chi connectivity index (χ0) is 15.7. The van der Waals surface area contributed by atoms with Crippen LogP contribution in [0.1, 0.15) is 52.5 Å². The van der Waals surface area contributed by atoms with Gasteiger partial charge in [-0.25, -0.2) is 4.39 Å². The Labute approximate surface area is 127 Å². The fraction of sp³-hybridized carbons (Fsp3) is 0.474. The van der Waals surface area contributed by atoms with E-state index in [-0.39, 0.29) is 11.2 Å². The molecule has 1 aromatic carbocycles. The lowest BCUT2D eigenvalue weighted by Gasteiger charge is -2.33. The minimum Gasteiger partial charge on any atom is -0.381 e. The Kier molecular flexibility index (Phi) is 4.38. The molecule has 0 heterocycles. The first-order chi connectivity index (χ1) is 9.72. The summed E-state index contributed by atoms with van der Waals surface area (Å²) in [4.78, 5) is 0. The first-order valence-electron chi connectivity index (χ1n) is 7.60. The third-order valence-electron chi connectivity index (χ3n) is 4.55. The smallest absolute Gasteiger partial charge is 0.123 e. The van der Waals surface area contributed by atoms with Crippen LogP contribution in [0, 0.1) is 11.2 Å². The molecule has 1 aromatic rings. The summed E-state index contributed by atoms with van der Waals surface area (Å²) in [6.45, 7) is 8.42. The number of allylic oxidation sites excluding steroid dienone is 3. The van der Waals surface area contributed by atoms with E-state index < -0.39 is 5.60 Å². The lowest BCUT2D eigenvalue weighted by molar-refractivity contribution is 0.111. The molecule has 1 unspecified atom stereocenters. The van der Waals surface area contributed by atoms with Crippen LogP contribution in [0.4, 0.5) is 4.39 Å². The first-order valence-corrected chi connectivity index (χ1v) is 7.60. The SMILES string of the molecule is CC1=C(/C=C/C(C)(O)c2ccc(F)cc2)C(C)(C)CCC1. The van der Waals surface area contributed by atoms with Crippen molar-refractivity contribution in [3.63, 3.8) is 0 Å². The summed E-state index contributed by atoms with van der Waals surface area (Å²) in [5.74, 6) is -0.287. The topological polar surface area (TPSA) is 20.2 Å². The van der Waals surface area contributed by atoms with Crippen LogP contribution in [-0.4, -0.2) is 5.11 Å². The van der Waals surface area contributed by atoms with Crippen molar-refractivity contribution in [3.05, 3.63) is 58.9 Å². The van der Waals surface area contributed by atoms with E-state index in [0.717, 1.165) is 6.42 Å². The van der Waals surface area contributed by atoms with Crippen molar-refractivity contribution in [2.75, 3.05) is 0 Å². The van der Waals surface area contributed by atoms with E-state index in [1.54, 1.807) is 19.1 Å². The predicted molar refractivity (Wildman–Crippen MR) is 85.4 cm³/mol. The van der Waals surface area contributed by atoms with E-state index in [9.17, 15) is 9.50 Å². The van der Waals surface area contributed by atoms with Crippen LogP contribution < -0.4 is 0 Å². The highest BCUT2D eigenvalue weighted by Gasteiger charge is 2.28. The number of benzene rings is 1. The minimum absolute atomic E-state index is 0.151. The highest BCUT2D eigenvalue weighted by molar-refractivity contribution is 5.36. The predicted octanol–water partition coefficient (Wildman–Crippen LogP) is 5.12. The lowest BCUT2D eigenvalue weighted by Crippen LogP contribution is -2.21. The van der Waals surface area contributed by atoms with E-state index in [2.05, 4.69) is 26.8 Å². The maximum atomic E-state index is 13.0. The van der Waals surface area contributed by atoms with Crippen molar-refractivity contribution >= 4 is 0 Å². The first kappa shape index (κ1) is 16.0. The van der Waals surface area contributed by atoms with Crippen LogP contribution in [0.25, 0.3) is 0 Å². The Morgan fingerprint density at radius 3 is 2.43 bits per heavy atom. The van der Waals surface area contributed by atoms with Crippen LogP contribution in [0.5, 0.6) is 0 Å². The van der Waals surface area contributed by atoms with Gasteiger partial charge in [-0.15, -0.1) is 0 Å². The molecule has 0 aromatic heterocycles. The van der Waals surface area contributed by atoms with E-state index in [4.69, 9.17) is 0 Å². The quantitative estimate of drug-likeness (QED) is 0.819. The molecule has 21 heavy (non-hydrogen) atoms. The lowest BCUT2D eigenvalue weighted by atomic mass is 9.72. The van der Waals surface area contributed by atoms with Crippen molar-refractivity contribution in [2.45, 2.75) is 52.6 Å². The van der Waals surface area contributed by atoms with Gasteiger partial charge in [0.25, 0.3) is 0 Å². The summed E-state index contributed by atoms with van der Waals surface area (Å²) in [5, 5.41) is 10.6. The Morgan fingerprint density at radius 2 is 1.86 bits per heavy atom. The van der Waals surface area contributed by atoms with Gasteiger partial charge in [0.1, 0.15) is 11.4 Å². The summed E-state index contributed by atoms with van der Waals surface area (Å²) in [5.41, 5.74) is 2.48. The number of rotatable bonds is 3. The molecule has 0 radical (unpaired) electrons. The number of aliphatic hydroxyl groups is 1. The van der Waals surface area contributed by atoms with Crippen molar-refractivity contribution in [2.24, 2.45) is 5.41 Å². The van der Waals surface area contributed by atoms with Crippen LogP contribution in [0.2, 0.25) is 0 Å². The monoisotopic (exact) mass is 288 g/mol. The van der Waals surface area contributed by atoms with Gasteiger partial charge < -0.3 is 5.11 Å². The Hall–Kier alpha value is -1.41. The molecule has 0 saturated heterocycles. The van der Waals surface area contributed by atoms with Crippen molar-refractivity contribution < 1.29 is 9.50 Å². The second kappa shape index (κ2) is 5.76. The third kappa shape index (κ3) is 3.62. The maximum absolute atomic E-state index is 13.0. The normalized spacial score (nSPS) is 21.6. The standard InChI is InChI=1S/C19H25FO/c1-14-6-5-12-18(2,3)17(14)11-13-19(4,21)15-7-9-16(20)10-8-15/h7-11,13,21H,5-6,12H2,1-4H3/b13-11+. The van der Waals surface area contributed by atoms with Gasteiger partial charge in [0, 0.05) is 0 Å². The number of halogens is 1. The molecule has 0 amide bonds. The number of hydrogen-bond donors (Lipinski definition) is 1. The molecule has 0 fully saturated rings. The molecule has 114 valence electrons. The molecule has 2 heteroatoms. The summed E-state index contributed by atoms with van der Waals surface area (Å²) < 4.78 is 13.0. The van der Waals surface area contributed by atoms with Gasteiger partial charge in [0.05, 0.1) is 0 Å². The van der Waals surface area contributed by atoms with Crippen LogP contribution in [0.15, 0.2) is 47.6 Å². The Bertz CT molecular complexity index is 562. The van der Waals surface area contributed by atoms with E-state index in [1.807, 2.05) is 6.08 Å². The third-order valence-corrected chi connectivity index (χ3v) is 4.55. The van der Waals surface area contributed by atoms with Crippen LogP contribution in [0.3, 0.4) is 0 Å². The zero-order valence-electron chi connectivity index (χ0n) is 13.4. The van der Waals surface area contributed by atoms with E-state index in [0.29, 0.717) is 5.56 Å². The van der Waals surface area contributed by atoms with Crippen LogP contribution >= 0.6 is 0 Å². The molecule has 0 spiro atoms. The molecule has 0 saturated carbocycles. The molecule has 1 nitrogen and oxygen atoms in total. The van der Waals surface area contributed by atoms with Gasteiger partial charge >= 0.3 is 0 Å². The largest absolute Gasteiger partial charge is 0.381 e. The maximum Gasteiger partial charge on any atom is 0.123 e. The molecule has 0 bridgehead atoms. The summed E-state index contributed by atoms with van der Waals surface area (Å²) in [7, 11) is 0. The second-order valence-corrected chi connectivity index (χ2v) is 6.92. The second-order valence-electron chi connectivity index (χ2n) is 6.92. The average Bonchev–Trinajstić information content (AvgIpc) is 2.37. The van der Waals surface area contributed by atoms with E-state index in [1.165, 1.54) is 36.1 Å². The number of hydrogen-bond acceptors (Lipinski definition) is 1. The van der Waals surface area contributed by atoms with Gasteiger partial charge in [-0.3, -0.25) is 0 Å². The molecule has 1 aliphatic rings. The molecular formula is C19H25FO. The molecule has 1 aliphatic carbocycles. The molecular weight excluding hydrogens is 263 g/mol. The summed E-state index contributed by atoms with van der Waals surface area (Å²) >= 11 is 0. The highest BCUT2D eigenvalue weighted by atomic mass is 19.1. The molecule has 0 aliphatic heterocycles. The average molecular weight is 288 g/mol. The van der Waals surface area contributed by atoms with Crippen molar-refractivity contribution in [3.8, 4) is 0 Å². The van der Waals surface area contributed by atoms with Gasteiger partial charge in [-0.05, 0) is 67.9 Å². The fourth-order valence-corrected chi connectivity index (χ4v) is 3.14. The molecule has 2 rings (SSSR count). The van der Waals surface area contributed by atoms with Gasteiger partial charge in [-0.2, -0.15) is 0 Å². The van der Waals surface area contributed by atoms with Crippen LogP contribution in [-0.2, 0) is 5.60 Å². The van der Waals surface area contributed by atoms with Gasteiger partial charge in [-0.1, -0.05) is 37.6 Å². The summed E-state index contributed by atoms with van der Waals surface area (Å²) in [6.07, 6.45) is 7.40. The Morgan fingerprint density at radius 1 is 1.24 bits per heavy atom. The molecule has 1 atom stereocenters. The van der Waals surface area contributed by atoms with Crippen molar-refractivity contribution in [1.29, 1.82) is 0 Å². The van der Waals surface area contributed by atoms with E-state index >= 15 is 0 Å². The fourth-order valence-electron chi connectivity index (χ4n) is 3.14. The van der Waals surface area contributed by atoms with Gasteiger partial charge in [0.15, 0.2) is 0 Å². The Balaban J connectivity index is 2.28. The minimum atomic E-state index is -1.09. The molecule has 1 N–H and O–H groups in total. The highest BCUT2D eigenvalue weighted by Crippen LogP contribution is 2.41. The summed E-state index contributed by atoms with van der Waals surface area (Å²) in [6, 6.07) is 6.03. The van der Waals surface area contributed by atoms with Crippen molar-refractivity contribution in [1.82, 2.24) is 0 Å². The zero-order valence-corrected chi connectivity index (χ0v) is 13.4.